The van der Waals surface area contributed by atoms with Gasteiger partial charge < -0.3 is 20.2 Å². The Labute approximate surface area is 236 Å². The lowest BCUT2D eigenvalue weighted by atomic mass is 9.83. The number of aryl methyl sites for hydroxylation is 2. The van der Waals surface area contributed by atoms with Gasteiger partial charge in [0.25, 0.3) is 5.91 Å². The molecule has 0 fully saturated rings. The second-order valence-corrected chi connectivity index (χ2v) is 9.88. The summed E-state index contributed by atoms with van der Waals surface area (Å²) in [5.41, 5.74) is 6.14. The minimum Gasteiger partial charge on any atom is -0.480 e. The monoisotopic (exact) mass is 557 g/mol. The first-order valence-electron chi connectivity index (χ1n) is 12.5. The van der Waals surface area contributed by atoms with Crippen LogP contribution in [-0.2, 0) is 11.8 Å². The zero-order chi connectivity index (χ0) is 28.8. The lowest BCUT2D eigenvalue weighted by molar-refractivity contribution is -0.135. The van der Waals surface area contributed by atoms with Gasteiger partial charge in [0, 0.05) is 47.8 Å². The summed E-state index contributed by atoms with van der Waals surface area (Å²) in [5.74, 6) is -1.73. The summed E-state index contributed by atoms with van der Waals surface area (Å²) in [6, 6.07) is 23.7. The Balaban J connectivity index is 1.64. The molecular weight excluding hydrogens is 530 g/mol. The summed E-state index contributed by atoms with van der Waals surface area (Å²) in [7, 11) is 1.65. The van der Waals surface area contributed by atoms with Crippen molar-refractivity contribution in [2.24, 2.45) is 12.2 Å². The van der Waals surface area contributed by atoms with Gasteiger partial charge in [-0.25, -0.2) is 0 Å². The largest absolute Gasteiger partial charge is 0.480 e. The number of carbonyl (C=O) groups excluding carboxylic acids is 1. The quantitative estimate of drug-likeness (QED) is 0.148. The van der Waals surface area contributed by atoms with Gasteiger partial charge in [-0.3, -0.25) is 14.4 Å². The van der Waals surface area contributed by atoms with Crippen LogP contribution in [0.3, 0.4) is 0 Å². The molecule has 0 aliphatic heterocycles. The number of carboxylic acids is 1. The van der Waals surface area contributed by atoms with Crippen LogP contribution >= 0.6 is 11.6 Å². The molecule has 1 aromatic heterocycles. The molecule has 3 aromatic carbocycles. The summed E-state index contributed by atoms with van der Waals surface area (Å²) in [6.45, 7) is 1.54. The van der Waals surface area contributed by atoms with E-state index < -0.39 is 18.4 Å². The van der Waals surface area contributed by atoms with Crippen molar-refractivity contribution in [2.75, 3.05) is 6.54 Å². The van der Waals surface area contributed by atoms with Gasteiger partial charge >= 0.3 is 5.97 Å². The third-order valence-corrected chi connectivity index (χ3v) is 6.97. The van der Waals surface area contributed by atoms with Gasteiger partial charge in [-0.1, -0.05) is 59.2 Å². The number of rotatable bonds is 9. The van der Waals surface area contributed by atoms with E-state index in [-0.39, 0.29) is 11.5 Å². The van der Waals surface area contributed by atoms with E-state index in [0.29, 0.717) is 28.3 Å². The van der Waals surface area contributed by atoms with Crippen molar-refractivity contribution in [3.8, 4) is 11.1 Å². The number of oxime groups is 1. The minimum atomic E-state index is -1.11. The predicted octanol–water partition coefficient (Wildman–Crippen LogP) is 5.23. The molecule has 4 rings (SSSR count). The molecule has 1 heterocycles. The number of hydrogen-bond acceptors (Lipinski definition) is 5. The molecule has 0 aliphatic carbocycles. The number of aliphatic carboxylic acids is 1. The maximum absolute atomic E-state index is 12.1. The first kappa shape index (κ1) is 28.3. The van der Waals surface area contributed by atoms with Gasteiger partial charge in [-0.15, -0.1) is 0 Å². The number of amides is 1. The number of carbonyl (C=O) groups is 2. The lowest BCUT2D eigenvalue weighted by Crippen LogP contribution is -2.29. The molecule has 0 radical (unpaired) electrons. The van der Waals surface area contributed by atoms with Crippen molar-refractivity contribution in [3.05, 3.63) is 128 Å². The molecule has 0 aliphatic rings. The highest BCUT2D eigenvalue weighted by molar-refractivity contribution is 6.30. The number of nitrogens with one attached hydrogen (secondary N) is 1. The molecule has 40 heavy (non-hydrogen) atoms. The maximum atomic E-state index is 12.1. The van der Waals surface area contributed by atoms with E-state index in [1.807, 2.05) is 61.5 Å². The third-order valence-electron chi connectivity index (χ3n) is 6.74. The highest BCUT2D eigenvalue weighted by Gasteiger charge is 2.21. The van der Waals surface area contributed by atoms with Crippen LogP contribution in [0.15, 0.2) is 95.0 Å². The Morgan fingerprint density at radius 2 is 1.57 bits per heavy atom. The van der Waals surface area contributed by atoms with Crippen LogP contribution in [0.2, 0.25) is 5.02 Å². The molecule has 0 spiro atoms. The van der Waals surface area contributed by atoms with Crippen LogP contribution in [0, 0.1) is 6.92 Å². The van der Waals surface area contributed by atoms with Crippen molar-refractivity contribution in [1.82, 2.24) is 9.88 Å². The topological polar surface area (TPSA) is 121 Å². The standard InChI is InChI=1S/C31H28ClN3O5/c1-19-15-25(32)12-13-26(19)27(16-28(34-40)24-11-14-29(36)35(2)18-24)22-7-3-20(4-8-22)21-5-9-23(10-6-21)31(39)33-17-30(37)38/h3-15,18,27,40H,16-17H2,1-2H3,(H,33,39)(H,37,38)/b34-28-. The van der Waals surface area contributed by atoms with E-state index in [9.17, 15) is 19.6 Å². The van der Waals surface area contributed by atoms with Crippen molar-refractivity contribution in [3.63, 3.8) is 0 Å². The number of hydrogen-bond donors (Lipinski definition) is 3. The van der Waals surface area contributed by atoms with Gasteiger partial charge in [0.1, 0.15) is 6.54 Å². The average molecular weight is 558 g/mol. The predicted molar refractivity (Wildman–Crippen MR) is 155 cm³/mol. The van der Waals surface area contributed by atoms with E-state index >= 15 is 0 Å². The molecule has 1 unspecified atom stereocenters. The van der Waals surface area contributed by atoms with Crippen molar-refractivity contribution < 1.29 is 19.9 Å². The minimum absolute atomic E-state index is 0.157. The van der Waals surface area contributed by atoms with Crippen LogP contribution < -0.4 is 10.9 Å². The molecule has 4 aromatic rings. The Morgan fingerprint density at radius 3 is 2.15 bits per heavy atom. The molecular formula is C31H28ClN3O5. The van der Waals surface area contributed by atoms with E-state index in [4.69, 9.17) is 16.7 Å². The molecule has 9 heteroatoms. The summed E-state index contributed by atoms with van der Waals surface area (Å²) >= 11 is 6.23. The van der Waals surface area contributed by atoms with Crippen molar-refractivity contribution in [2.45, 2.75) is 19.3 Å². The number of halogens is 1. The smallest absolute Gasteiger partial charge is 0.322 e. The molecule has 0 saturated heterocycles. The van der Waals surface area contributed by atoms with Gasteiger partial charge in [0.2, 0.25) is 5.56 Å². The Morgan fingerprint density at radius 1 is 0.950 bits per heavy atom. The zero-order valence-corrected chi connectivity index (χ0v) is 22.7. The fourth-order valence-corrected chi connectivity index (χ4v) is 4.82. The molecule has 0 bridgehead atoms. The van der Waals surface area contributed by atoms with E-state index in [1.54, 1.807) is 31.4 Å². The Bertz CT molecular complexity index is 1630. The number of aromatic nitrogens is 1. The normalized spacial score (nSPS) is 12.1. The van der Waals surface area contributed by atoms with Crippen LogP contribution in [0.5, 0.6) is 0 Å². The fraction of sp³-hybridized carbons (Fsp3) is 0.161. The summed E-state index contributed by atoms with van der Waals surface area (Å²) in [4.78, 5) is 34.7. The molecule has 1 atom stereocenters. The number of carboxylic acid groups (broad SMARTS) is 1. The second-order valence-electron chi connectivity index (χ2n) is 9.45. The third kappa shape index (κ3) is 6.65. The highest BCUT2D eigenvalue weighted by atomic mass is 35.5. The molecule has 8 nitrogen and oxygen atoms in total. The average Bonchev–Trinajstić information content (AvgIpc) is 2.95. The number of benzene rings is 3. The van der Waals surface area contributed by atoms with Gasteiger partial charge in [0.05, 0.1) is 5.71 Å². The number of pyridine rings is 1. The van der Waals surface area contributed by atoms with Crippen LogP contribution in [0.4, 0.5) is 0 Å². The molecule has 0 saturated carbocycles. The van der Waals surface area contributed by atoms with Gasteiger partial charge in [0.15, 0.2) is 0 Å². The van der Waals surface area contributed by atoms with Crippen LogP contribution in [0.1, 0.15) is 45.0 Å². The second kappa shape index (κ2) is 12.4. The van der Waals surface area contributed by atoms with Crippen LogP contribution in [0.25, 0.3) is 11.1 Å². The van der Waals surface area contributed by atoms with Crippen molar-refractivity contribution >= 4 is 29.2 Å². The van der Waals surface area contributed by atoms with E-state index in [1.165, 1.54) is 10.6 Å². The molecule has 3 N–H and O–H groups in total. The molecule has 1 amide bonds. The summed E-state index contributed by atoms with van der Waals surface area (Å²) < 4.78 is 1.44. The first-order valence-corrected chi connectivity index (χ1v) is 12.9. The lowest BCUT2D eigenvalue weighted by Gasteiger charge is -2.21. The van der Waals surface area contributed by atoms with Crippen molar-refractivity contribution in [1.29, 1.82) is 0 Å². The SMILES string of the molecule is Cc1cc(Cl)ccc1C(C/C(=N/O)c1ccc(=O)n(C)c1)c1ccc(-c2ccc(C(=O)NCC(=O)O)cc2)cc1. The van der Waals surface area contributed by atoms with Gasteiger partial charge in [-0.05, 0) is 65.1 Å². The summed E-state index contributed by atoms with van der Waals surface area (Å²) in [5, 5.41) is 25.3. The number of nitrogens with zero attached hydrogens (tertiary/aromatic N) is 2. The fourth-order valence-electron chi connectivity index (χ4n) is 4.59. The maximum Gasteiger partial charge on any atom is 0.322 e. The molecule has 204 valence electrons. The van der Waals surface area contributed by atoms with Gasteiger partial charge in [-0.2, -0.15) is 0 Å². The van der Waals surface area contributed by atoms with E-state index in [2.05, 4.69) is 10.5 Å². The Hall–Kier alpha value is -4.69. The Kier molecular flexibility index (Phi) is 8.81. The zero-order valence-electron chi connectivity index (χ0n) is 22.0. The summed E-state index contributed by atoms with van der Waals surface area (Å²) in [6.07, 6.45) is 2.02. The highest BCUT2D eigenvalue weighted by Crippen LogP contribution is 2.34. The van der Waals surface area contributed by atoms with E-state index in [0.717, 1.165) is 27.8 Å². The van der Waals surface area contributed by atoms with Crippen LogP contribution in [-0.4, -0.2) is 39.0 Å². The first-order chi connectivity index (χ1) is 19.2.